The fourth-order valence-electron chi connectivity index (χ4n) is 9.31. The van der Waals surface area contributed by atoms with Gasteiger partial charge in [0.15, 0.2) is 0 Å². The predicted octanol–water partition coefficient (Wildman–Crippen LogP) is 6.21. The van der Waals surface area contributed by atoms with Crippen LogP contribution in [0.2, 0.25) is 0 Å². The molecule has 59 heavy (non-hydrogen) atoms. The molecule has 1 saturated carbocycles. The largest absolute Gasteiger partial charge is 0.487 e. The van der Waals surface area contributed by atoms with Crippen molar-refractivity contribution >= 4 is 11.8 Å². The normalized spacial score (nSPS) is 26.5. The lowest BCUT2D eigenvalue weighted by atomic mass is 9.55. The molecule has 7 atom stereocenters. The number of ether oxygens (including phenoxy) is 6. The number of benzene rings is 1. The molecule has 2 aliphatic heterocycles. The van der Waals surface area contributed by atoms with E-state index in [0.717, 1.165) is 61.0 Å². The van der Waals surface area contributed by atoms with Crippen LogP contribution in [0.1, 0.15) is 87.1 Å². The van der Waals surface area contributed by atoms with Gasteiger partial charge in [0.05, 0.1) is 57.5 Å². The number of unbranched alkanes of at least 4 members (excludes halogenated alkanes) is 2. The average molecular weight is 822 g/mol. The highest BCUT2D eigenvalue weighted by Crippen LogP contribution is 2.62. The van der Waals surface area contributed by atoms with Crippen LogP contribution in [-0.4, -0.2) is 115 Å². The minimum absolute atomic E-state index is 0.0408. The number of pyridine rings is 1. The highest BCUT2D eigenvalue weighted by Gasteiger charge is 2.65. The van der Waals surface area contributed by atoms with E-state index in [0.29, 0.717) is 43.1 Å². The molecule has 2 aliphatic carbocycles. The maximum Gasteiger partial charge on any atom is 0.410 e. The van der Waals surface area contributed by atoms with Crippen LogP contribution in [0.5, 0.6) is 11.5 Å². The Morgan fingerprint density at radius 1 is 1.07 bits per heavy atom. The van der Waals surface area contributed by atoms with Gasteiger partial charge < -0.3 is 48.6 Å². The summed E-state index contributed by atoms with van der Waals surface area (Å²) in [5, 5.41) is 34.1. The van der Waals surface area contributed by atoms with Gasteiger partial charge in [0.2, 0.25) is 12.1 Å². The molecular weight excluding hydrogens is 759 g/mol. The molecule has 4 aliphatic rings. The number of hydrogen-bond donors (Lipinski definition) is 3. The van der Waals surface area contributed by atoms with Gasteiger partial charge in [0, 0.05) is 49.8 Å². The summed E-state index contributed by atoms with van der Waals surface area (Å²) >= 11 is 0. The van der Waals surface area contributed by atoms with E-state index in [4.69, 9.17) is 38.4 Å². The Balaban J connectivity index is 1.54. The number of aromatic nitrogens is 1. The summed E-state index contributed by atoms with van der Waals surface area (Å²) in [4.78, 5) is 26.4. The number of fused-ring (bicyclic) bond motifs is 2. The molecule has 1 aromatic heterocycles. The number of carbonyl (C=O) groups excluding carboxylic acids is 1. The van der Waals surface area contributed by atoms with E-state index in [9.17, 15) is 20.1 Å². The Bertz CT molecular complexity index is 1730. The number of oxime groups is 1. The van der Waals surface area contributed by atoms with Gasteiger partial charge in [-0.2, -0.15) is 0 Å². The number of carbonyl (C=O) groups is 1. The summed E-state index contributed by atoms with van der Waals surface area (Å²) in [5.41, 5.74) is 4.24. The molecule has 324 valence electrons. The number of aliphatic hydroxyl groups is 3. The second-order valence-electron chi connectivity index (χ2n) is 15.7. The fourth-order valence-corrected chi connectivity index (χ4v) is 9.31. The zero-order chi connectivity index (χ0) is 41.6. The SMILES string of the molecule is C=CCO[C@@]12Oc3ccc(OCc4cccc(C)n4)cc3[C@H]3[C@H](CCCCO)[C@@H](CCCCO)C=C(C(=NOC4CCCCO4)C[C@@H]1N(CCOCCO)C(=O)OC)[C@H]32. The van der Waals surface area contributed by atoms with E-state index in [-0.39, 0.29) is 77.0 Å². The highest BCUT2D eigenvalue weighted by atomic mass is 16.8. The molecule has 1 aromatic carbocycles. The Morgan fingerprint density at radius 3 is 2.63 bits per heavy atom. The fraction of sp³-hybridized carbons (Fsp3) is 0.622. The molecule has 6 rings (SSSR count). The van der Waals surface area contributed by atoms with Gasteiger partial charge in [0.1, 0.15) is 24.1 Å². The number of allylic oxidation sites excluding steroid dienone is 1. The summed E-state index contributed by atoms with van der Waals surface area (Å²) in [6, 6.07) is 10.9. The Morgan fingerprint density at radius 2 is 1.90 bits per heavy atom. The van der Waals surface area contributed by atoms with Gasteiger partial charge in [-0.15, -0.1) is 6.58 Å². The molecule has 14 nitrogen and oxygen atoms in total. The van der Waals surface area contributed by atoms with Crippen LogP contribution < -0.4 is 9.47 Å². The molecule has 3 heterocycles. The van der Waals surface area contributed by atoms with Crippen LogP contribution in [0.15, 0.2) is 65.9 Å². The first kappa shape index (κ1) is 44.5. The van der Waals surface area contributed by atoms with Crippen LogP contribution >= 0.6 is 0 Å². The lowest BCUT2D eigenvalue weighted by Crippen LogP contribution is -2.70. The smallest absolute Gasteiger partial charge is 0.410 e. The van der Waals surface area contributed by atoms with Gasteiger partial charge in [0.25, 0.3) is 0 Å². The monoisotopic (exact) mass is 821 g/mol. The number of hydrogen-bond acceptors (Lipinski definition) is 13. The number of amides is 1. The third-order valence-electron chi connectivity index (χ3n) is 11.9. The second-order valence-corrected chi connectivity index (χ2v) is 15.7. The van der Waals surface area contributed by atoms with Crippen LogP contribution in [0, 0.1) is 24.7 Å². The summed E-state index contributed by atoms with van der Waals surface area (Å²) in [6.45, 7) is 7.32. The molecule has 0 radical (unpaired) electrons. The number of nitrogens with zero attached hydrogens (tertiary/aromatic N) is 3. The molecule has 1 saturated heterocycles. The number of rotatable bonds is 22. The molecule has 3 N–H and O–H groups in total. The average Bonchev–Trinajstić information content (AvgIpc) is 3.25. The lowest BCUT2D eigenvalue weighted by molar-refractivity contribution is -0.256. The van der Waals surface area contributed by atoms with E-state index < -0.39 is 30.1 Å². The zero-order valence-electron chi connectivity index (χ0n) is 34.7. The third-order valence-corrected chi connectivity index (χ3v) is 11.9. The number of methoxy groups -OCH3 is 1. The molecule has 0 spiro atoms. The van der Waals surface area contributed by atoms with Crippen molar-refractivity contribution in [2.24, 2.45) is 22.9 Å². The van der Waals surface area contributed by atoms with E-state index in [1.54, 1.807) is 11.0 Å². The molecule has 0 bridgehead atoms. The minimum atomic E-state index is -1.46. The zero-order valence-corrected chi connectivity index (χ0v) is 34.7. The topological polar surface area (TPSA) is 171 Å². The van der Waals surface area contributed by atoms with Crippen LogP contribution in [0.3, 0.4) is 0 Å². The first-order valence-electron chi connectivity index (χ1n) is 21.3. The maximum absolute atomic E-state index is 14.0. The van der Waals surface area contributed by atoms with Gasteiger partial charge in [-0.25, -0.2) is 4.79 Å². The quantitative estimate of drug-likeness (QED) is 0.0699. The maximum atomic E-state index is 14.0. The van der Waals surface area contributed by atoms with Crippen LogP contribution in [0.4, 0.5) is 4.79 Å². The van der Waals surface area contributed by atoms with E-state index in [1.807, 2.05) is 37.3 Å². The van der Waals surface area contributed by atoms with Crippen molar-refractivity contribution in [1.29, 1.82) is 0 Å². The van der Waals surface area contributed by atoms with Gasteiger partial charge >= 0.3 is 6.09 Å². The molecule has 1 amide bonds. The molecule has 14 heteroatoms. The second kappa shape index (κ2) is 22.0. The number of aryl methyl sites for hydroxylation is 1. The first-order valence-corrected chi connectivity index (χ1v) is 21.3. The predicted molar refractivity (Wildman–Crippen MR) is 220 cm³/mol. The van der Waals surface area contributed by atoms with E-state index in [2.05, 4.69) is 23.7 Å². The summed E-state index contributed by atoms with van der Waals surface area (Å²) in [5.74, 6) is -0.814. The molecular formula is C45H63N3O11. The van der Waals surface area contributed by atoms with Gasteiger partial charge in [-0.3, -0.25) is 9.88 Å². The van der Waals surface area contributed by atoms with Crippen LogP contribution in [0.25, 0.3) is 0 Å². The summed E-state index contributed by atoms with van der Waals surface area (Å²) in [6.07, 6.45) is 10.3. The minimum Gasteiger partial charge on any atom is -0.487 e. The van der Waals surface area contributed by atoms with E-state index in [1.165, 1.54) is 7.11 Å². The van der Waals surface area contributed by atoms with Crippen molar-refractivity contribution in [3.05, 3.63) is 77.7 Å². The Kier molecular flexibility index (Phi) is 16.6. The summed E-state index contributed by atoms with van der Waals surface area (Å²) in [7, 11) is 1.34. The van der Waals surface area contributed by atoms with Crippen molar-refractivity contribution in [2.45, 2.75) is 102 Å². The van der Waals surface area contributed by atoms with E-state index >= 15 is 0 Å². The third kappa shape index (κ3) is 10.6. The van der Waals surface area contributed by atoms with Crippen molar-refractivity contribution in [2.75, 3.05) is 59.9 Å². The number of aliphatic hydroxyl groups excluding tert-OH is 3. The van der Waals surface area contributed by atoms with Gasteiger partial charge in [-0.1, -0.05) is 36.2 Å². The van der Waals surface area contributed by atoms with Crippen molar-refractivity contribution in [3.8, 4) is 11.5 Å². The van der Waals surface area contributed by atoms with Crippen molar-refractivity contribution < 1.29 is 53.4 Å². The Labute approximate surface area is 348 Å². The van der Waals surface area contributed by atoms with Crippen molar-refractivity contribution in [3.63, 3.8) is 0 Å². The molecule has 1 unspecified atom stereocenters. The first-order chi connectivity index (χ1) is 28.9. The summed E-state index contributed by atoms with van der Waals surface area (Å²) < 4.78 is 37.7. The standard InChI is InChI=1S/C45H63N3O11/c1-4-23-57-45-40(48(44(52)53-3)19-25-54-26-22-51)29-38(47-59-41-16-7-10-24-55-41)36-27-32(13-5-8-20-49)35(15-6-9-21-50)42(43(36)45)37-28-34(17-18-39(37)58-45)56-30-33-14-11-12-31(2)46-33/h4,11-12,14,17-18,27-28,32,35,40-43,49-51H,1,5-10,13,15-16,19-26,29-30H2,2-3H3/t32-,35+,40-,41?,42+,43+,45+/m0/s1. The Hall–Kier alpha value is -4.05. The molecule has 2 aromatic rings. The van der Waals surface area contributed by atoms with Crippen molar-refractivity contribution in [1.82, 2.24) is 9.88 Å². The van der Waals surface area contributed by atoms with Crippen LogP contribution in [-0.2, 0) is 30.4 Å². The van der Waals surface area contributed by atoms with Gasteiger partial charge in [-0.05, 0) is 93.2 Å². The highest BCUT2D eigenvalue weighted by molar-refractivity contribution is 6.03. The lowest BCUT2D eigenvalue weighted by Gasteiger charge is -2.59. The molecule has 2 fully saturated rings.